The van der Waals surface area contributed by atoms with E-state index in [2.05, 4.69) is 64.1 Å². The Labute approximate surface area is 182 Å². The van der Waals surface area contributed by atoms with Crippen molar-refractivity contribution in [3.05, 3.63) is 24.3 Å². The molecule has 0 saturated carbocycles. The van der Waals surface area contributed by atoms with E-state index in [0.29, 0.717) is 0 Å². The predicted octanol–water partition coefficient (Wildman–Crippen LogP) is 8.76. The molecule has 0 aromatic rings. The zero-order valence-corrected chi connectivity index (χ0v) is 19.7. The first-order chi connectivity index (χ1) is 14.1. The van der Waals surface area contributed by atoms with Crippen LogP contribution in [-0.2, 0) is 0 Å². The van der Waals surface area contributed by atoms with Crippen LogP contribution in [0.25, 0.3) is 0 Å². The third-order valence-corrected chi connectivity index (χ3v) is 6.04. The van der Waals surface area contributed by atoms with Crippen molar-refractivity contribution in [3.63, 3.8) is 0 Å². The second-order valence-electron chi connectivity index (χ2n) is 8.56. The molecule has 0 radical (unpaired) electrons. The second kappa shape index (κ2) is 19.8. The first kappa shape index (κ1) is 27.5. The van der Waals surface area contributed by atoms with Gasteiger partial charge in [-0.3, -0.25) is 0 Å². The summed E-state index contributed by atoms with van der Waals surface area (Å²) in [6.07, 6.45) is 23.3. The molecule has 0 N–H and O–H groups in total. The third-order valence-electron chi connectivity index (χ3n) is 6.04. The first-order valence-electron chi connectivity index (χ1n) is 12.2. The lowest BCUT2D eigenvalue weighted by Gasteiger charge is -2.23. The van der Waals surface area contributed by atoms with Crippen LogP contribution in [0.15, 0.2) is 24.3 Å². The van der Waals surface area contributed by atoms with Crippen LogP contribution in [0.2, 0.25) is 0 Å². The molecule has 0 heterocycles. The Morgan fingerprint density at radius 1 is 0.655 bits per heavy atom. The average molecular weight is 399 g/mol. The van der Waals surface area contributed by atoms with E-state index in [9.17, 15) is 10.5 Å². The molecule has 0 spiro atoms. The number of nitriles is 2. The molecule has 4 atom stereocenters. The Balaban J connectivity index is 4.46. The van der Waals surface area contributed by atoms with E-state index in [1.165, 1.54) is 38.5 Å². The van der Waals surface area contributed by atoms with E-state index in [-0.39, 0.29) is 11.8 Å². The van der Waals surface area contributed by atoms with E-state index in [1.54, 1.807) is 0 Å². The molecule has 0 bridgehead atoms. The summed E-state index contributed by atoms with van der Waals surface area (Å²) in [5.74, 6) is 1.85. The zero-order valence-electron chi connectivity index (χ0n) is 19.7. The summed E-state index contributed by atoms with van der Waals surface area (Å²) in [4.78, 5) is 0. The molecule has 0 saturated heterocycles. The fourth-order valence-electron chi connectivity index (χ4n) is 4.16. The SMILES string of the molecule is CC/C=C/CC(C#N)CCCC(CC)CC(CCC)CCC(C#N)C/C=C/CC. The van der Waals surface area contributed by atoms with Gasteiger partial charge in [-0.15, -0.1) is 0 Å². The Morgan fingerprint density at radius 2 is 1.24 bits per heavy atom. The normalized spacial score (nSPS) is 15.8. The molecular formula is C27H46N2. The zero-order chi connectivity index (χ0) is 21.7. The standard InChI is InChI=1S/C27H46N2/c1-5-9-11-15-26(22-28)18-13-17-24(8-4)21-25(14-7-3)19-20-27(23-29)16-12-10-6-2/h9-12,24-27H,5-8,13-21H2,1-4H3/b11-9+,12-10+. The van der Waals surface area contributed by atoms with E-state index in [4.69, 9.17) is 0 Å². The van der Waals surface area contributed by atoms with Gasteiger partial charge in [0.1, 0.15) is 0 Å². The summed E-state index contributed by atoms with van der Waals surface area (Å²) in [6.45, 7) is 8.87. The van der Waals surface area contributed by atoms with Crippen LogP contribution in [0.5, 0.6) is 0 Å². The van der Waals surface area contributed by atoms with Crippen LogP contribution in [0, 0.1) is 46.3 Å². The van der Waals surface area contributed by atoms with E-state index in [0.717, 1.165) is 56.8 Å². The van der Waals surface area contributed by atoms with Crippen LogP contribution in [0.1, 0.15) is 111 Å². The number of hydrogen-bond donors (Lipinski definition) is 0. The molecule has 4 unspecified atom stereocenters. The summed E-state index contributed by atoms with van der Waals surface area (Å²) in [5.41, 5.74) is 0. The number of allylic oxidation sites excluding steroid dienone is 4. The molecule has 0 aromatic carbocycles. The monoisotopic (exact) mass is 398 g/mol. The molecule has 0 aromatic heterocycles. The highest BCUT2D eigenvalue weighted by Gasteiger charge is 2.17. The van der Waals surface area contributed by atoms with Crippen molar-refractivity contribution in [2.45, 2.75) is 111 Å². The molecule has 0 amide bonds. The van der Waals surface area contributed by atoms with Crippen molar-refractivity contribution < 1.29 is 0 Å². The summed E-state index contributed by atoms with van der Waals surface area (Å²) in [6, 6.07) is 5.00. The second-order valence-corrected chi connectivity index (χ2v) is 8.56. The van der Waals surface area contributed by atoms with Gasteiger partial charge in [0.15, 0.2) is 0 Å². The smallest absolute Gasteiger partial charge is 0.0659 e. The minimum Gasteiger partial charge on any atom is -0.198 e. The molecule has 29 heavy (non-hydrogen) atoms. The molecular weight excluding hydrogens is 352 g/mol. The van der Waals surface area contributed by atoms with E-state index in [1.807, 2.05) is 0 Å². The number of rotatable bonds is 18. The van der Waals surface area contributed by atoms with Gasteiger partial charge in [-0.1, -0.05) is 84.1 Å². The molecule has 0 aliphatic carbocycles. The minimum atomic E-state index is 0.171. The van der Waals surface area contributed by atoms with E-state index < -0.39 is 0 Å². The van der Waals surface area contributed by atoms with Crippen molar-refractivity contribution in [3.8, 4) is 12.1 Å². The Bertz CT molecular complexity index is 506. The highest BCUT2D eigenvalue weighted by atomic mass is 14.3. The number of nitrogens with zero attached hydrogens (tertiary/aromatic N) is 2. The lowest BCUT2D eigenvalue weighted by Crippen LogP contribution is -2.11. The van der Waals surface area contributed by atoms with Gasteiger partial charge in [0.05, 0.1) is 12.1 Å². The molecule has 0 fully saturated rings. The average Bonchev–Trinajstić information content (AvgIpc) is 2.74. The molecule has 0 aliphatic rings. The van der Waals surface area contributed by atoms with Crippen LogP contribution in [0.3, 0.4) is 0 Å². The van der Waals surface area contributed by atoms with Gasteiger partial charge in [0.2, 0.25) is 0 Å². The third kappa shape index (κ3) is 15.0. The lowest BCUT2D eigenvalue weighted by atomic mass is 9.82. The van der Waals surface area contributed by atoms with Crippen LogP contribution < -0.4 is 0 Å². The fourth-order valence-corrected chi connectivity index (χ4v) is 4.16. The van der Waals surface area contributed by atoms with Crippen molar-refractivity contribution in [2.24, 2.45) is 23.7 Å². The fraction of sp³-hybridized carbons (Fsp3) is 0.778. The van der Waals surface area contributed by atoms with Gasteiger partial charge in [0.25, 0.3) is 0 Å². The maximum absolute atomic E-state index is 9.45. The first-order valence-corrected chi connectivity index (χ1v) is 12.2. The lowest BCUT2D eigenvalue weighted by molar-refractivity contribution is 0.292. The molecule has 0 aliphatic heterocycles. The van der Waals surface area contributed by atoms with Crippen molar-refractivity contribution in [2.75, 3.05) is 0 Å². The number of hydrogen-bond acceptors (Lipinski definition) is 2. The highest BCUT2D eigenvalue weighted by Crippen LogP contribution is 2.30. The van der Waals surface area contributed by atoms with Crippen molar-refractivity contribution >= 4 is 0 Å². The summed E-state index contributed by atoms with van der Waals surface area (Å²) >= 11 is 0. The van der Waals surface area contributed by atoms with Crippen molar-refractivity contribution in [1.29, 1.82) is 10.5 Å². The quantitative estimate of drug-likeness (QED) is 0.217. The maximum Gasteiger partial charge on any atom is 0.0659 e. The molecule has 164 valence electrons. The topological polar surface area (TPSA) is 47.6 Å². The van der Waals surface area contributed by atoms with Gasteiger partial charge in [0, 0.05) is 11.8 Å². The summed E-state index contributed by atoms with van der Waals surface area (Å²) in [7, 11) is 0. The van der Waals surface area contributed by atoms with Gasteiger partial charge in [-0.25, -0.2) is 0 Å². The van der Waals surface area contributed by atoms with Crippen LogP contribution >= 0.6 is 0 Å². The molecule has 2 heteroatoms. The predicted molar refractivity (Wildman–Crippen MR) is 126 cm³/mol. The van der Waals surface area contributed by atoms with E-state index >= 15 is 0 Å². The Morgan fingerprint density at radius 3 is 1.72 bits per heavy atom. The van der Waals surface area contributed by atoms with Crippen LogP contribution in [-0.4, -0.2) is 0 Å². The van der Waals surface area contributed by atoms with Gasteiger partial charge < -0.3 is 0 Å². The largest absolute Gasteiger partial charge is 0.198 e. The van der Waals surface area contributed by atoms with Crippen molar-refractivity contribution in [1.82, 2.24) is 0 Å². The summed E-state index contributed by atoms with van der Waals surface area (Å²) in [5, 5.41) is 18.8. The Hall–Kier alpha value is -1.54. The summed E-state index contributed by atoms with van der Waals surface area (Å²) < 4.78 is 0. The highest BCUT2D eigenvalue weighted by molar-refractivity contribution is 4.93. The van der Waals surface area contributed by atoms with Gasteiger partial charge in [-0.2, -0.15) is 10.5 Å². The maximum atomic E-state index is 9.45. The minimum absolute atomic E-state index is 0.171. The Kier molecular flexibility index (Phi) is 18.7. The van der Waals surface area contributed by atoms with Gasteiger partial charge >= 0.3 is 0 Å². The van der Waals surface area contributed by atoms with Crippen LogP contribution in [0.4, 0.5) is 0 Å². The van der Waals surface area contributed by atoms with Gasteiger partial charge in [-0.05, 0) is 63.2 Å². The molecule has 0 rings (SSSR count). The molecule has 2 nitrogen and oxygen atoms in total.